The zero-order valence-electron chi connectivity index (χ0n) is 16.3. The second-order valence-corrected chi connectivity index (χ2v) is 7.30. The molecule has 0 bridgehead atoms. The van der Waals surface area contributed by atoms with Crippen LogP contribution < -0.4 is 10.1 Å². The maximum absolute atomic E-state index is 12.9. The van der Waals surface area contributed by atoms with Crippen molar-refractivity contribution in [2.75, 3.05) is 13.2 Å². The normalized spacial score (nSPS) is 18.7. The Labute approximate surface area is 172 Å². The molecule has 1 fully saturated rings. The summed E-state index contributed by atoms with van der Waals surface area (Å²) in [5, 5.41) is 11.2. The first-order chi connectivity index (χ1) is 14.7. The number of carbonyl (C=O) groups excluding carboxylic acids is 1. The second-order valence-electron chi connectivity index (χ2n) is 7.30. The highest BCUT2D eigenvalue weighted by Crippen LogP contribution is 2.35. The monoisotopic (exact) mass is 411 g/mol. The van der Waals surface area contributed by atoms with Gasteiger partial charge in [-0.3, -0.25) is 9.78 Å². The number of nitrogens with one attached hydrogen (secondary N) is 1. The topological polar surface area (TPSA) is 103 Å². The third-order valence-electron chi connectivity index (χ3n) is 5.19. The Morgan fingerprint density at radius 1 is 1.13 bits per heavy atom. The summed E-state index contributed by atoms with van der Waals surface area (Å²) in [6.07, 6.45) is 8.55. The lowest BCUT2D eigenvalue weighted by Gasteiger charge is -2.26. The number of aromatic nitrogens is 4. The Balaban J connectivity index is 1.19. The molecule has 0 radical (unpaired) electrons. The molecular weight excluding hydrogens is 389 g/mol. The van der Waals surface area contributed by atoms with Gasteiger partial charge in [-0.15, -0.1) is 10.2 Å². The summed E-state index contributed by atoms with van der Waals surface area (Å²) in [5.74, 6) is 1.57. The van der Waals surface area contributed by atoms with Gasteiger partial charge in [-0.05, 0) is 55.9 Å². The average Bonchev–Trinajstić information content (AvgIpc) is 3.29. The van der Waals surface area contributed by atoms with Crippen LogP contribution >= 0.6 is 0 Å². The fraction of sp³-hybridized carbons (Fsp3) is 0.381. The van der Waals surface area contributed by atoms with Gasteiger partial charge in [-0.25, -0.2) is 9.37 Å². The molecule has 3 aromatic rings. The number of carbonyl (C=O) groups is 1. The Hall–Kier alpha value is -3.36. The van der Waals surface area contributed by atoms with Gasteiger partial charge in [0.25, 0.3) is 11.8 Å². The first-order valence-electron chi connectivity index (χ1n) is 9.92. The van der Waals surface area contributed by atoms with E-state index >= 15 is 0 Å². The molecule has 30 heavy (non-hydrogen) atoms. The Kier molecular flexibility index (Phi) is 6.26. The number of benzene rings is 1. The van der Waals surface area contributed by atoms with Crippen molar-refractivity contribution in [1.29, 1.82) is 0 Å². The van der Waals surface area contributed by atoms with E-state index in [0.717, 1.165) is 25.7 Å². The molecule has 1 aromatic carbocycles. The molecular formula is C21H22FN5O3. The predicted octanol–water partition coefficient (Wildman–Crippen LogP) is 3.13. The Morgan fingerprint density at radius 2 is 1.93 bits per heavy atom. The van der Waals surface area contributed by atoms with Crippen molar-refractivity contribution in [3.63, 3.8) is 0 Å². The molecule has 9 heteroatoms. The molecule has 0 aliphatic heterocycles. The van der Waals surface area contributed by atoms with Crippen LogP contribution in [0.4, 0.5) is 4.39 Å². The molecule has 2 aromatic heterocycles. The van der Waals surface area contributed by atoms with Crippen LogP contribution in [0.25, 0.3) is 11.6 Å². The van der Waals surface area contributed by atoms with E-state index in [1.165, 1.54) is 24.3 Å². The lowest BCUT2D eigenvalue weighted by atomic mass is 9.82. The highest BCUT2D eigenvalue weighted by Gasteiger charge is 2.27. The fourth-order valence-electron chi connectivity index (χ4n) is 3.52. The van der Waals surface area contributed by atoms with Crippen LogP contribution in [0, 0.1) is 11.7 Å². The van der Waals surface area contributed by atoms with E-state index in [0.29, 0.717) is 35.7 Å². The van der Waals surface area contributed by atoms with E-state index < -0.39 is 0 Å². The van der Waals surface area contributed by atoms with E-state index in [4.69, 9.17) is 9.15 Å². The van der Waals surface area contributed by atoms with Crippen molar-refractivity contribution in [2.45, 2.75) is 31.6 Å². The lowest BCUT2D eigenvalue weighted by molar-refractivity contribution is -0.123. The summed E-state index contributed by atoms with van der Waals surface area (Å²) < 4.78 is 24.0. The summed E-state index contributed by atoms with van der Waals surface area (Å²) in [5.41, 5.74) is 0.565. The van der Waals surface area contributed by atoms with Crippen molar-refractivity contribution < 1.29 is 18.3 Å². The van der Waals surface area contributed by atoms with Gasteiger partial charge in [0.05, 0.1) is 6.20 Å². The van der Waals surface area contributed by atoms with E-state index in [1.54, 1.807) is 18.6 Å². The highest BCUT2D eigenvalue weighted by molar-refractivity contribution is 5.77. The highest BCUT2D eigenvalue weighted by atomic mass is 19.1. The van der Waals surface area contributed by atoms with Crippen LogP contribution in [0.3, 0.4) is 0 Å². The quantitative estimate of drug-likeness (QED) is 0.637. The van der Waals surface area contributed by atoms with Gasteiger partial charge in [0.1, 0.15) is 17.3 Å². The molecule has 1 aliphatic carbocycles. The first-order valence-corrected chi connectivity index (χ1v) is 9.92. The third-order valence-corrected chi connectivity index (χ3v) is 5.19. The van der Waals surface area contributed by atoms with Gasteiger partial charge in [0, 0.05) is 24.9 Å². The molecule has 8 nitrogen and oxygen atoms in total. The van der Waals surface area contributed by atoms with Crippen molar-refractivity contribution in [3.8, 4) is 17.3 Å². The van der Waals surface area contributed by atoms with Gasteiger partial charge in [-0.1, -0.05) is 0 Å². The minimum atomic E-state index is -0.340. The van der Waals surface area contributed by atoms with E-state index in [-0.39, 0.29) is 24.2 Å². The van der Waals surface area contributed by atoms with Gasteiger partial charge >= 0.3 is 0 Å². The summed E-state index contributed by atoms with van der Waals surface area (Å²) in [4.78, 5) is 20.2. The molecule has 156 valence electrons. The molecule has 1 N–H and O–H groups in total. The minimum absolute atomic E-state index is 0.0892. The van der Waals surface area contributed by atoms with Gasteiger partial charge in [0.2, 0.25) is 5.89 Å². The number of amides is 1. The van der Waals surface area contributed by atoms with Crippen LogP contribution in [-0.2, 0) is 4.79 Å². The maximum atomic E-state index is 12.9. The third kappa shape index (κ3) is 5.16. The molecule has 0 atom stereocenters. The predicted molar refractivity (Wildman–Crippen MR) is 105 cm³/mol. The largest absolute Gasteiger partial charge is 0.484 e. The number of ether oxygens (including phenoxy) is 1. The number of hydrogen-bond donors (Lipinski definition) is 1. The average molecular weight is 411 g/mol. The molecule has 0 spiro atoms. The smallest absolute Gasteiger partial charge is 0.267 e. The van der Waals surface area contributed by atoms with Gasteiger partial charge in [0.15, 0.2) is 6.61 Å². The molecule has 1 aliphatic rings. The molecule has 1 saturated carbocycles. The molecule has 2 heterocycles. The van der Waals surface area contributed by atoms with Crippen molar-refractivity contribution >= 4 is 5.91 Å². The Bertz CT molecular complexity index is 956. The van der Waals surface area contributed by atoms with E-state index in [9.17, 15) is 9.18 Å². The van der Waals surface area contributed by atoms with Crippen molar-refractivity contribution in [1.82, 2.24) is 25.5 Å². The van der Waals surface area contributed by atoms with Crippen molar-refractivity contribution in [3.05, 3.63) is 54.6 Å². The van der Waals surface area contributed by atoms with Crippen molar-refractivity contribution in [2.24, 2.45) is 5.92 Å². The molecule has 0 unspecified atom stereocenters. The van der Waals surface area contributed by atoms with Crippen LogP contribution in [0.5, 0.6) is 5.75 Å². The Morgan fingerprint density at radius 3 is 2.67 bits per heavy atom. The van der Waals surface area contributed by atoms with Crippen LogP contribution in [0.2, 0.25) is 0 Å². The summed E-state index contributed by atoms with van der Waals surface area (Å²) in [6.45, 7) is 0.515. The minimum Gasteiger partial charge on any atom is -0.484 e. The van der Waals surface area contributed by atoms with Gasteiger partial charge in [-0.2, -0.15) is 0 Å². The zero-order chi connectivity index (χ0) is 20.8. The standard InChI is InChI=1S/C21H22FN5O3/c22-16-5-7-17(8-6-16)29-13-19(28)25-11-14-1-3-15(4-2-14)20-26-27-21(30-20)18-12-23-9-10-24-18/h5-10,12,14-15H,1-4,11,13H2,(H,25,28). The van der Waals surface area contributed by atoms with Crippen LogP contribution in [0.15, 0.2) is 47.3 Å². The number of rotatable bonds is 7. The maximum Gasteiger partial charge on any atom is 0.267 e. The SMILES string of the molecule is O=C(COc1ccc(F)cc1)NCC1CCC(c2nnc(-c3cnccn3)o2)CC1. The molecule has 0 saturated heterocycles. The number of nitrogens with zero attached hydrogens (tertiary/aromatic N) is 4. The fourth-order valence-corrected chi connectivity index (χ4v) is 3.52. The number of hydrogen-bond acceptors (Lipinski definition) is 7. The van der Waals surface area contributed by atoms with Gasteiger partial charge < -0.3 is 14.5 Å². The van der Waals surface area contributed by atoms with E-state index in [2.05, 4.69) is 25.5 Å². The first kappa shape index (κ1) is 19.9. The molecule has 1 amide bonds. The van der Waals surface area contributed by atoms with E-state index in [1.807, 2.05) is 0 Å². The number of halogens is 1. The second kappa shape index (κ2) is 9.43. The summed E-state index contributed by atoms with van der Waals surface area (Å²) >= 11 is 0. The molecule has 4 rings (SSSR count). The van der Waals surface area contributed by atoms with Crippen LogP contribution in [-0.4, -0.2) is 39.2 Å². The summed E-state index contributed by atoms with van der Waals surface area (Å²) in [7, 11) is 0. The lowest BCUT2D eigenvalue weighted by Crippen LogP contribution is -2.34. The van der Waals surface area contributed by atoms with Crippen LogP contribution in [0.1, 0.15) is 37.5 Å². The summed E-state index contributed by atoms with van der Waals surface area (Å²) in [6, 6.07) is 5.59. The zero-order valence-corrected chi connectivity index (χ0v) is 16.3.